The summed E-state index contributed by atoms with van der Waals surface area (Å²) in [6.45, 7) is 4.22. The maximum absolute atomic E-state index is 12.9. The lowest BCUT2D eigenvalue weighted by atomic mass is 10.4. The summed E-state index contributed by atoms with van der Waals surface area (Å²) in [6.07, 6.45) is 7.58. The van der Waals surface area contributed by atoms with Crippen molar-refractivity contribution in [3.63, 3.8) is 0 Å². The fraction of sp³-hybridized carbons (Fsp3) is 0.286. The molecule has 0 aliphatic carbocycles. The highest BCUT2D eigenvalue weighted by molar-refractivity contribution is 7.10. The summed E-state index contributed by atoms with van der Waals surface area (Å²) in [5.74, 6) is 0. The maximum atomic E-state index is 12.9. The summed E-state index contributed by atoms with van der Waals surface area (Å²) >= 11 is 1.15. The molecule has 0 radical (unpaired) electrons. The van der Waals surface area contributed by atoms with Crippen LogP contribution in [0.4, 0.5) is 10.1 Å². The van der Waals surface area contributed by atoms with E-state index in [-0.39, 0.29) is 5.13 Å². The third-order valence-corrected chi connectivity index (χ3v) is 3.96. The molecule has 3 rings (SSSR count). The number of aromatic nitrogens is 4. The molecular formula is C14H16FN5S. The normalized spacial score (nSPS) is 11.0. The third kappa shape index (κ3) is 3.49. The number of anilines is 1. The lowest BCUT2D eigenvalue weighted by molar-refractivity contribution is 0.654. The average molecular weight is 305 g/mol. The summed E-state index contributed by atoms with van der Waals surface area (Å²) in [6, 6.07) is 3.27. The van der Waals surface area contributed by atoms with Gasteiger partial charge < -0.3 is 5.32 Å². The Bertz CT molecular complexity index is 714. The lowest BCUT2D eigenvalue weighted by Gasteiger charge is -2.00. The number of halogens is 1. The van der Waals surface area contributed by atoms with Gasteiger partial charge in [0.25, 0.3) is 0 Å². The predicted molar refractivity (Wildman–Crippen MR) is 80.8 cm³/mol. The van der Waals surface area contributed by atoms with Gasteiger partial charge in [0.2, 0.25) is 0 Å². The summed E-state index contributed by atoms with van der Waals surface area (Å²) in [4.78, 5) is 0.962. The van der Waals surface area contributed by atoms with Crippen molar-refractivity contribution in [1.29, 1.82) is 0 Å². The van der Waals surface area contributed by atoms with Crippen molar-refractivity contribution in [2.75, 3.05) is 5.32 Å². The number of hydrogen-bond donors (Lipinski definition) is 1. The van der Waals surface area contributed by atoms with Gasteiger partial charge in [-0.2, -0.15) is 14.6 Å². The van der Waals surface area contributed by atoms with Crippen molar-refractivity contribution in [3.8, 4) is 0 Å². The van der Waals surface area contributed by atoms with Crippen LogP contribution in [0.5, 0.6) is 0 Å². The van der Waals surface area contributed by atoms with E-state index in [1.807, 2.05) is 28.0 Å². The smallest absolute Gasteiger partial charge is 0.176 e. The molecule has 0 amide bonds. The third-order valence-electron chi connectivity index (χ3n) is 3.08. The zero-order valence-electron chi connectivity index (χ0n) is 11.7. The Morgan fingerprint density at radius 3 is 2.76 bits per heavy atom. The fourth-order valence-electron chi connectivity index (χ4n) is 2.03. The first-order valence-corrected chi connectivity index (χ1v) is 7.56. The summed E-state index contributed by atoms with van der Waals surface area (Å²) < 4.78 is 16.6. The van der Waals surface area contributed by atoms with E-state index in [2.05, 4.69) is 22.4 Å². The number of aryl methyl sites for hydroxylation is 1. The molecule has 0 saturated heterocycles. The first kappa shape index (κ1) is 13.8. The standard InChI is InChI=1S/C14H16FN5S/c1-2-19-8-11(5-17-19)9-20-10-12(6-18-20)16-7-13-3-4-14(15)21-13/h3-6,8,10,16H,2,7,9H2,1H3. The van der Waals surface area contributed by atoms with Crippen LogP contribution in [0, 0.1) is 5.13 Å². The van der Waals surface area contributed by atoms with E-state index in [1.54, 1.807) is 12.3 Å². The van der Waals surface area contributed by atoms with E-state index >= 15 is 0 Å². The molecule has 3 aromatic rings. The van der Waals surface area contributed by atoms with Gasteiger partial charge in [0.15, 0.2) is 5.13 Å². The minimum Gasteiger partial charge on any atom is -0.378 e. The topological polar surface area (TPSA) is 47.7 Å². The van der Waals surface area contributed by atoms with Crippen LogP contribution in [-0.2, 0) is 19.6 Å². The van der Waals surface area contributed by atoms with Crippen molar-refractivity contribution in [2.45, 2.75) is 26.6 Å². The van der Waals surface area contributed by atoms with E-state index in [9.17, 15) is 4.39 Å². The maximum Gasteiger partial charge on any atom is 0.176 e. The van der Waals surface area contributed by atoms with Gasteiger partial charge in [-0.1, -0.05) is 0 Å². The minimum atomic E-state index is -0.157. The average Bonchev–Trinajstić information content (AvgIpc) is 3.19. The molecule has 3 aromatic heterocycles. The molecule has 1 N–H and O–H groups in total. The zero-order valence-corrected chi connectivity index (χ0v) is 12.5. The molecular weight excluding hydrogens is 289 g/mol. The van der Waals surface area contributed by atoms with Crippen LogP contribution in [0.3, 0.4) is 0 Å². The highest BCUT2D eigenvalue weighted by Crippen LogP contribution is 2.16. The fourth-order valence-corrected chi connectivity index (χ4v) is 2.69. The Kier molecular flexibility index (Phi) is 4.01. The van der Waals surface area contributed by atoms with Gasteiger partial charge in [-0.15, -0.1) is 11.3 Å². The summed E-state index contributed by atoms with van der Waals surface area (Å²) in [5.41, 5.74) is 2.04. The van der Waals surface area contributed by atoms with Crippen LogP contribution in [-0.4, -0.2) is 19.6 Å². The van der Waals surface area contributed by atoms with Gasteiger partial charge in [0.05, 0.1) is 24.6 Å². The monoisotopic (exact) mass is 305 g/mol. The number of thiophene rings is 1. The molecule has 0 bridgehead atoms. The molecule has 0 unspecified atom stereocenters. The molecule has 0 atom stereocenters. The van der Waals surface area contributed by atoms with Gasteiger partial charge >= 0.3 is 0 Å². The Morgan fingerprint density at radius 1 is 1.19 bits per heavy atom. The second-order valence-corrected chi connectivity index (χ2v) is 5.81. The number of nitrogens with zero attached hydrogens (tertiary/aromatic N) is 4. The van der Waals surface area contributed by atoms with Gasteiger partial charge in [0, 0.05) is 35.9 Å². The Hall–Kier alpha value is -2.15. The summed E-state index contributed by atoms with van der Waals surface area (Å²) in [5, 5.41) is 11.6. The van der Waals surface area contributed by atoms with E-state index in [0.717, 1.165) is 34.0 Å². The first-order chi connectivity index (χ1) is 10.2. The van der Waals surface area contributed by atoms with Crippen molar-refractivity contribution >= 4 is 17.0 Å². The summed E-state index contributed by atoms with van der Waals surface area (Å²) in [7, 11) is 0. The van der Waals surface area contributed by atoms with Crippen LogP contribution in [0.25, 0.3) is 0 Å². The molecule has 3 heterocycles. The molecule has 0 aromatic carbocycles. The highest BCUT2D eigenvalue weighted by atomic mass is 32.1. The number of rotatable bonds is 6. The van der Waals surface area contributed by atoms with Gasteiger partial charge in [-0.25, -0.2) is 0 Å². The zero-order chi connectivity index (χ0) is 14.7. The van der Waals surface area contributed by atoms with E-state index in [0.29, 0.717) is 13.1 Å². The van der Waals surface area contributed by atoms with Crippen molar-refractivity contribution in [1.82, 2.24) is 19.6 Å². The molecule has 0 aliphatic rings. The highest BCUT2D eigenvalue weighted by Gasteiger charge is 2.03. The molecule has 21 heavy (non-hydrogen) atoms. The first-order valence-electron chi connectivity index (χ1n) is 6.75. The van der Waals surface area contributed by atoms with Crippen LogP contribution in [0.1, 0.15) is 17.4 Å². The van der Waals surface area contributed by atoms with Crippen molar-refractivity contribution in [3.05, 3.63) is 52.5 Å². The Labute approximate surface area is 126 Å². The van der Waals surface area contributed by atoms with Gasteiger partial charge in [0.1, 0.15) is 0 Å². The van der Waals surface area contributed by atoms with Gasteiger partial charge in [-0.05, 0) is 19.1 Å². The van der Waals surface area contributed by atoms with Crippen molar-refractivity contribution < 1.29 is 4.39 Å². The number of hydrogen-bond acceptors (Lipinski definition) is 4. The second kappa shape index (κ2) is 6.09. The molecule has 110 valence electrons. The van der Waals surface area contributed by atoms with E-state index < -0.39 is 0 Å². The van der Waals surface area contributed by atoms with E-state index in [4.69, 9.17) is 0 Å². The van der Waals surface area contributed by atoms with Crippen LogP contribution < -0.4 is 5.32 Å². The number of nitrogens with one attached hydrogen (secondary N) is 1. The SMILES string of the molecule is CCn1cc(Cn2cc(NCc3ccc(F)s3)cn2)cn1. The lowest BCUT2D eigenvalue weighted by Crippen LogP contribution is -1.99. The Balaban J connectivity index is 1.58. The Morgan fingerprint density at radius 2 is 2.05 bits per heavy atom. The quantitative estimate of drug-likeness (QED) is 0.761. The van der Waals surface area contributed by atoms with Gasteiger partial charge in [-0.3, -0.25) is 9.36 Å². The largest absolute Gasteiger partial charge is 0.378 e. The molecule has 7 heteroatoms. The van der Waals surface area contributed by atoms with E-state index in [1.165, 1.54) is 6.07 Å². The minimum absolute atomic E-state index is 0.157. The van der Waals surface area contributed by atoms with Crippen LogP contribution in [0.2, 0.25) is 0 Å². The predicted octanol–water partition coefficient (Wildman–Crippen LogP) is 2.96. The second-order valence-electron chi connectivity index (χ2n) is 4.69. The molecule has 0 saturated carbocycles. The van der Waals surface area contributed by atoms with Crippen LogP contribution >= 0.6 is 11.3 Å². The molecule has 0 aliphatic heterocycles. The van der Waals surface area contributed by atoms with Crippen molar-refractivity contribution in [2.24, 2.45) is 0 Å². The molecule has 0 fully saturated rings. The molecule has 5 nitrogen and oxygen atoms in total. The van der Waals surface area contributed by atoms with Crippen LogP contribution in [0.15, 0.2) is 36.9 Å². The molecule has 0 spiro atoms.